The molecule has 0 saturated carbocycles. The van der Waals surface area contributed by atoms with Crippen LogP contribution in [0.3, 0.4) is 0 Å². The zero-order valence-corrected chi connectivity index (χ0v) is 16.3. The van der Waals surface area contributed by atoms with Crippen LogP contribution in [0.15, 0.2) is 42.5 Å². The molecule has 0 spiro atoms. The monoisotopic (exact) mass is 423 g/mol. The Labute approximate surface area is 170 Å². The molecule has 2 aromatic rings. The predicted octanol–water partition coefficient (Wildman–Crippen LogP) is 3.93. The quantitative estimate of drug-likeness (QED) is 0.715. The van der Waals surface area contributed by atoms with Crippen molar-refractivity contribution in [2.24, 2.45) is 0 Å². The number of anilines is 1. The van der Waals surface area contributed by atoms with E-state index in [0.29, 0.717) is 16.3 Å². The van der Waals surface area contributed by atoms with Crippen LogP contribution in [-0.4, -0.2) is 29.3 Å². The molecule has 0 bridgehead atoms. The van der Waals surface area contributed by atoms with Crippen LogP contribution in [-0.2, 0) is 15.1 Å². The molecular formula is C19H16Cl2FN3O3. The Morgan fingerprint density at radius 3 is 2.50 bits per heavy atom. The maximum atomic E-state index is 12.9. The van der Waals surface area contributed by atoms with Gasteiger partial charge in [0, 0.05) is 34.3 Å². The van der Waals surface area contributed by atoms with E-state index in [9.17, 15) is 18.8 Å². The molecule has 0 aromatic heterocycles. The molecule has 4 amide bonds. The number of imide groups is 1. The van der Waals surface area contributed by atoms with Crippen molar-refractivity contribution < 1.29 is 18.8 Å². The lowest BCUT2D eigenvalue weighted by molar-refractivity contribution is -0.131. The number of carbonyl (C=O) groups excluding carboxylic acids is 3. The Hall–Kier alpha value is -2.64. The molecular weight excluding hydrogens is 408 g/mol. The van der Waals surface area contributed by atoms with Crippen LogP contribution in [0.4, 0.5) is 14.9 Å². The van der Waals surface area contributed by atoms with E-state index >= 15 is 0 Å². The van der Waals surface area contributed by atoms with Gasteiger partial charge < -0.3 is 10.6 Å². The summed E-state index contributed by atoms with van der Waals surface area (Å²) in [4.78, 5) is 38.2. The van der Waals surface area contributed by atoms with E-state index in [1.807, 2.05) is 0 Å². The fourth-order valence-corrected chi connectivity index (χ4v) is 3.55. The maximum Gasteiger partial charge on any atom is 0.325 e. The molecule has 1 aliphatic rings. The molecule has 1 fully saturated rings. The fourth-order valence-electron chi connectivity index (χ4n) is 2.95. The second kappa shape index (κ2) is 7.77. The number of nitrogens with zero attached hydrogens (tertiary/aromatic N) is 1. The number of hydrogen-bond acceptors (Lipinski definition) is 3. The lowest BCUT2D eigenvalue weighted by Gasteiger charge is -2.23. The van der Waals surface area contributed by atoms with E-state index in [2.05, 4.69) is 10.6 Å². The Balaban J connectivity index is 1.68. The molecule has 0 unspecified atom stereocenters. The molecule has 0 radical (unpaired) electrons. The van der Waals surface area contributed by atoms with E-state index in [0.717, 1.165) is 4.90 Å². The second-order valence-electron chi connectivity index (χ2n) is 6.44. The topological polar surface area (TPSA) is 78.5 Å². The first kappa shape index (κ1) is 20.1. The summed E-state index contributed by atoms with van der Waals surface area (Å²) in [6.45, 7) is 1.43. The molecule has 1 atom stereocenters. The molecule has 9 heteroatoms. The van der Waals surface area contributed by atoms with Gasteiger partial charge in [0.2, 0.25) is 5.91 Å². The molecule has 3 rings (SSSR count). The van der Waals surface area contributed by atoms with Crippen LogP contribution in [0.1, 0.15) is 18.9 Å². The van der Waals surface area contributed by atoms with Crippen LogP contribution < -0.4 is 10.6 Å². The standard InChI is InChI=1S/C19H16Cl2FN3O3/c1-19(14-7-2-11(20)10-15(14)21)17(27)25(18(28)24-19)9-8-16(26)23-13-5-3-12(22)4-6-13/h2-7,10H,8-9H2,1H3,(H,23,26)(H,24,28)/t19-/m0/s1. The second-order valence-corrected chi connectivity index (χ2v) is 7.28. The SMILES string of the molecule is C[C@@]1(c2ccc(Cl)cc2Cl)NC(=O)N(CCC(=O)Nc2ccc(F)cc2)C1=O. The highest BCUT2D eigenvalue weighted by molar-refractivity contribution is 6.35. The summed E-state index contributed by atoms with van der Waals surface area (Å²) in [5.74, 6) is -1.35. The molecule has 1 heterocycles. The molecule has 2 N–H and O–H groups in total. The normalized spacial score (nSPS) is 18.9. The zero-order chi connectivity index (χ0) is 20.5. The van der Waals surface area contributed by atoms with Gasteiger partial charge >= 0.3 is 6.03 Å². The maximum absolute atomic E-state index is 12.9. The minimum Gasteiger partial charge on any atom is -0.326 e. The van der Waals surface area contributed by atoms with E-state index in [4.69, 9.17) is 23.2 Å². The van der Waals surface area contributed by atoms with Gasteiger partial charge in [-0.1, -0.05) is 29.3 Å². The van der Waals surface area contributed by atoms with Crippen molar-refractivity contribution >= 4 is 46.7 Å². The molecule has 146 valence electrons. The number of urea groups is 1. The summed E-state index contributed by atoms with van der Waals surface area (Å²) in [6, 6.07) is 9.29. The van der Waals surface area contributed by atoms with Crippen molar-refractivity contribution in [3.8, 4) is 0 Å². The highest BCUT2D eigenvalue weighted by Gasteiger charge is 2.49. The highest BCUT2D eigenvalue weighted by Crippen LogP contribution is 2.35. The lowest BCUT2D eigenvalue weighted by Crippen LogP contribution is -2.41. The number of carbonyl (C=O) groups is 3. The average Bonchev–Trinajstić information content (AvgIpc) is 2.84. The van der Waals surface area contributed by atoms with Crippen molar-refractivity contribution in [3.63, 3.8) is 0 Å². The van der Waals surface area contributed by atoms with Crippen LogP contribution in [0.2, 0.25) is 10.0 Å². The van der Waals surface area contributed by atoms with Gasteiger partial charge in [0.05, 0.1) is 0 Å². The molecule has 28 heavy (non-hydrogen) atoms. The molecule has 1 aliphatic heterocycles. The highest BCUT2D eigenvalue weighted by atomic mass is 35.5. The van der Waals surface area contributed by atoms with Gasteiger partial charge in [-0.05, 0) is 43.3 Å². The van der Waals surface area contributed by atoms with Crippen LogP contribution in [0, 0.1) is 5.82 Å². The Kier molecular flexibility index (Phi) is 5.58. The van der Waals surface area contributed by atoms with E-state index < -0.39 is 29.2 Å². The van der Waals surface area contributed by atoms with Gasteiger partial charge in [0.15, 0.2) is 0 Å². The van der Waals surface area contributed by atoms with Gasteiger partial charge in [-0.2, -0.15) is 0 Å². The van der Waals surface area contributed by atoms with Crippen molar-refractivity contribution in [2.45, 2.75) is 18.9 Å². The fraction of sp³-hybridized carbons (Fsp3) is 0.211. The lowest BCUT2D eigenvalue weighted by atomic mass is 9.92. The Morgan fingerprint density at radius 1 is 1.18 bits per heavy atom. The van der Waals surface area contributed by atoms with Gasteiger partial charge in [-0.15, -0.1) is 0 Å². The molecule has 6 nitrogen and oxygen atoms in total. The first-order valence-electron chi connectivity index (χ1n) is 8.36. The molecule has 0 aliphatic carbocycles. The number of hydrogen-bond donors (Lipinski definition) is 2. The third-order valence-electron chi connectivity index (χ3n) is 4.44. The summed E-state index contributed by atoms with van der Waals surface area (Å²) in [5, 5.41) is 5.86. The largest absolute Gasteiger partial charge is 0.326 e. The van der Waals surface area contributed by atoms with Gasteiger partial charge in [-0.3, -0.25) is 14.5 Å². The Bertz CT molecular complexity index is 952. The summed E-state index contributed by atoms with van der Waals surface area (Å²) < 4.78 is 12.9. The van der Waals surface area contributed by atoms with Gasteiger partial charge in [0.1, 0.15) is 11.4 Å². The summed E-state index contributed by atoms with van der Waals surface area (Å²) in [5.41, 5.74) is -0.525. The number of amides is 4. The van der Waals surface area contributed by atoms with E-state index in [1.165, 1.54) is 30.3 Å². The minimum atomic E-state index is -1.35. The number of rotatable bonds is 5. The van der Waals surface area contributed by atoms with Gasteiger partial charge in [-0.25, -0.2) is 9.18 Å². The smallest absolute Gasteiger partial charge is 0.325 e. The predicted molar refractivity (Wildman–Crippen MR) is 104 cm³/mol. The first-order valence-corrected chi connectivity index (χ1v) is 9.11. The third kappa shape index (κ3) is 3.95. The molecule has 2 aromatic carbocycles. The summed E-state index contributed by atoms with van der Waals surface area (Å²) >= 11 is 12.1. The summed E-state index contributed by atoms with van der Waals surface area (Å²) in [7, 11) is 0. The van der Waals surface area contributed by atoms with Crippen molar-refractivity contribution in [3.05, 3.63) is 63.9 Å². The van der Waals surface area contributed by atoms with Crippen LogP contribution >= 0.6 is 23.2 Å². The van der Waals surface area contributed by atoms with Crippen molar-refractivity contribution in [2.75, 3.05) is 11.9 Å². The van der Waals surface area contributed by atoms with Crippen molar-refractivity contribution in [1.82, 2.24) is 10.2 Å². The van der Waals surface area contributed by atoms with Gasteiger partial charge in [0.25, 0.3) is 5.91 Å². The van der Waals surface area contributed by atoms with E-state index in [-0.39, 0.29) is 18.0 Å². The van der Waals surface area contributed by atoms with Crippen LogP contribution in [0.25, 0.3) is 0 Å². The third-order valence-corrected chi connectivity index (χ3v) is 4.98. The number of nitrogens with one attached hydrogen (secondary N) is 2. The van der Waals surface area contributed by atoms with Crippen molar-refractivity contribution in [1.29, 1.82) is 0 Å². The molecule has 1 saturated heterocycles. The number of halogens is 3. The van der Waals surface area contributed by atoms with Crippen LogP contribution in [0.5, 0.6) is 0 Å². The zero-order valence-electron chi connectivity index (χ0n) is 14.8. The average molecular weight is 424 g/mol. The van der Waals surface area contributed by atoms with E-state index in [1.54, 1.807) is 19.1 Å². The summed E-state index contributed by atoms with van der Waals surface area (Å²) in [6.07, 6.45) is -0.110. The number of benzene rings is 2. The first-order chi connectivity index (χ1) is 13.2. The Morgan fingerprint density at radius 2 is 1.86 bits per heavy atom. The minimum absolute atomic E-state index is 0.110.